The molecular formula is C15H11F6NO. The number of aromatic nitrogens is 1. The molecule has 2 rings (SSSR count). The molecule has 0 aliphatic heterocycles. The van der Waals surface area contributed by atoms with Gasteiger partial charge in [-0.2, -0.15) is 26.3 Å². The van der Waals surface area contributed by atoms with Crippen LogP contribution in [-0.4, -0.2) is 28.0 Å². The summed E-state index contributed by atoms with van der Waals surface area (Å²) < 4.78 is 79.3. The molecule has 23 heavy (non-hydrogen) atoms. The maximum atomic E-state index is 13.2. The van der Waals surface area contributed by atoms with Gasteiger partial charge in [0.1, 0.15) is 0 Å². The molecule has 8 heteroatoms. The van der Waals surface area contributed by atoms with Gasteiger partial charge in [0.2, 0.25) is 0 Å². The van der Waals surface area contributed by atoms with Gasteiger partial charge in [-0.05, 0) is 17.7 Å². The SMILES string of the molecule is OC([C@H](c1ccccc1)c1ccccn1)(C(F)(F)F)C(F)(F)F. The van der Waals surface area contributed by atoms with Gasteiger partial charge in [-0.25, -0.2) is 0 Å². The first-order valence-electron chi connectivity index (χ1n) is 6.40. The van der Waals surface area contributed by atoms with Crippen LogP contribution >= 0.6 is 0 Å². The molecule has 0 saturated carbocycles. The molecule has 0 saturated heterocycles. The summed E-state index contributed by atoms with van der Waals surface area (Å²) in [6, 6.07) is 9.82. The number of nitrogens with zero attached hydrogens (tertiary/aromatic N) is 1. The highest BCUT2D eigenvalue weighted by Gasteiger charge is 2.74. The maximum absolute atomic E-state index is 13.2. The second-order valence-electron chi connectivity index (χ2n) is 4.86. The molecule has 0 aliphatic rings. The van der Waals surface area contributed by atoms with Crippen molar-refractivity contribution in [3.05, 3.63) is 66.0 Å². The number of halogens is 6. The van der Waals surface area contributed by atoms with Crippen LogP contribution in [0.1, 0.15) is 17.2 Å². The van der Waals surface area contributed by atoms with E-state index in [2.05, 4.69) is 4.98 Å². The van der Waals surface area contributed by atoms with Crippen molar-refractivity contribution >= 4 is 0 Å². The second kappa shape index (κ2) is 5.84. The third-order valence-electron chi connectivity index (χ3n) is 3.40. The van der Waals surface area contributed by atoms with E-state index in [-0.39, 0.29) is 5.56 Å². The van der Waals surface area contributed by atoms with Gasteiger partial charge in [0.25, 0.3) is 5.60 Å². The quantitative estimate of drug-likeness (QED) is 0.858. The Bertz CT molecular complexity index is 585. The molecule has 124 valence electrons. The van der Waals surface area contributed by atoms with Crippen LogP contribution in [0.15, 0.2) is 54.7 Å². The van der Waals surface area contributed by atoms with Crippen molar-refractivity contribution in [3.8, 4) is 0 Å². The molecular weight excluding hydrogens is 324 g/mol. The van der Waals surface area contributed by atoms with Gasteiger partial charge in [0.15, 0.2) is 0 Å². The van der Waals surface area contributed by atoms with Gasteiger partial charge in [0, 0.05) is 6.20 Å². The van der Waals surface area contributed by atoms with E-state index in [1.807, 2.05) is 0 Å². The lowest BCUT2D eigenvalue weighted by atomic mass is 9.78. The molecule has 0 spiro atoms. The number of aliphatic hydroxyl groups is 1. The average Bonchev–Trinajstić information content (AvgIpc) is 2.47. The highest BCUT2D eigenvalue weighted by atomic mass is 19.4. The Balaban J connectivity index is 2.75. The molecule has 1 heterocycles. The molecule has 0 aliphatic carbocycles. The van der Waals surface area contributed by atoms with E-state index in [4.69, 9.17) is 0 Å². The molecule has 0 radical (unpaired) electrons. The van der Waals surface area contributed by atoms with E-state index in [1.54, 1.807) is 0 Å². The fraction of sp³-hybridized carbons (Fsp3) is 0.267. The van der Waals surface area contributed by atoms with Crippen LogP contribution in [0.5, 0.6) is 0 Å². The van der Waals surface area contributed by atoms with Crippen molar-refractivity contribution in [1.29, 1.82) is 0 Å². The monoisotopic (exact) mass is 335 g/mol. The normalized spacial score (nSPS) is 14.6. The van der Waals surface area contributed by atoms with E-state index >= 15 is 0 Å². The van der Waals surface area contributed by atoms with Crippen molar-refractivity contribution in [2.75, 3.05) is 0 Å². The minimum absolute atomic E-state index is 0.344. The molecule has 1 atom stereocenters. The Labute approximate surface area is 127 Å². The van der Waals surface area contributed by atoms with Crippen LogP contribution in [0.4, 0.5) is 26.3 Å². The average molecular weight is 335 g/mol. The zero-order valence-electron chi connectivity index (χ0n) is 11.4. The highest BCUT2D eigenvalue weighted by Crippen LogP contribution is 2.52. The van der Waals surface area contributed by atoms with Gasteiger partial charge in [-0.15, -0.1) is 0 Å². The fourth-order valence-corrected chi connectivity index (χ4v) is 2.31. The first-order chi connectivity index (χ1) is 10.6. The van der Waals surface area contributed by atoms with E-state index in [1.165, 1.54) is 30.3 Å². The number of benzene rings is 1. The third kappa shape index (κ3) is 3.03. The van der Waals surface area contributed by atoms with Gasteiger partial charge >= 0.3 is 12.4 Å². The zero-order chi connectivity index (χ0) is 17.3. The summed E-state index contributed by atoms with van der Waals surface area (Å²) in [5.41, 5.74) is -5.84. The summed E-state index contributed by atoms with van der Waals surface area (Å²) in [7, 11) is 0. The highest BCUT2D eigenvalue weighted by molar-refractivity contribution is 5.34. The molecule has 0 amide bonds. The van der Waals surface area contributed by atoms with Crippen LogP contribution in [-0.2, 0) is 0 Å². The van der Waals surface area contributed by atoms with Gasteiger partial charge in [-0.1, -0.05) is 36.4 Å². The number of pyridine rings is 1. The zero-order valence-corrected chi connectivity index (χ0v) is 11.4. The Morgan fingerprint density at radius 3 is 1.74 bits per heavy atom. The third-order valence-corrected chi connectivity index (χ3v) is 3.40. The molecule has 0 bridgehead atoms. The Hall–Kier alpha value is -2.09. The second-order valence-corrected chi connectivity index (χ2v) is 4.86. The van der Waals surface area contributed by atoms with Crippen molar-refractivity contribution in [1.82, 2.24) is 4.98 Å². The lowest BCUT2D eigenvalue weighted by Crippen LogP contribution is -2.61. The maximum Gasteiger partial charge on any atom is 0.427 e. The fourth-order valence-electron chi connectivity index (χ4n) is 2.31. The first kappa shape index (κ1) is 17.3. The Morgan fingerprint density at radius 2 is 1.30 bits per heavy atom. The van der Waals surface area contributed by atoms with Gasteiger partial charge in [0.05, 0.1) is 11.6 Å². The Morgan fingerprint density at radius 1 is 0.783 bits per heavy atom. The van der Waals surface area contributed by atoms with Crippen LogP contribution in [0.2, 0.25) is 0 Å². The lowest BCUT2D eigenvalue weighted by Gasteiger charge is -2.38. The van der Waals surface area contributed by atoms with Crippen molar-refractivity contribution < 1.29 is 31.4 Å². The van der Waals surface area contributed by atoms with Crippen LogP contribution < -0.4 is 0 Å². The van der Waals surface area contributed by atoms with Crippen LogP contribution in [0.25, 0.3) is 0 Å². The van der Waals surface area contributed by atoms with Crippen LogP contribution in [0.3, 0.4) is 0 Å². The number of alkyl halides is 6. The van der Waals surface area contributed by atoms with Gasteiger partial charge in [-0.3, -0.25) is 4.98 Å². The summed E-state index contributed by atoms with van der Waals surface area (Å²) in [4.78, 5) is 3.59. The smallest absolute Gasteiger partial charge is 0.373 e. The number of rotatable bonds is 3. The summed E-state index contributed by atoms with van der Waals surface area (Å²) in [5, 5.41) is 9.76. The van der Waals surface area contributed by atoms with E-state index in [9.17, 15) is 31.4 Å². The van der Waals surface area contributed by atoms with Crippen molar-refractivity contribution in [3.63, 3.8) is 0 Å². The molecule has 2 nitrogen and oxygen atoms in total. The number of hydrogen-bond donors (Lipinski definition) is 1. The predicted molar refractivity (Wildman–Crippen MR) is 69.6 cm³/mol. The molecule has 1 aromatic carbocycles. The lowest BCUT2D eigenvalue weighted by molar-refractivity contribution is -0.372. The standard InChI is InChI=1S/C15H11F6NO/c16-14(17,18)13(23,15(19,20)21)12(10-6-2-1-3-7-10)11-8-4-5-9-22-11/h1-9,12,23H/t12-/m1/s1. The Kier molecular flexibility index (Phi) is 4.39. The molecule has 1 N–H and O–H groups in total. The molecule has 1 aromatic heterocycles. The minimum atomic E-state index is -5.94. The summed E-state index contributed by atoms with van der Waals surface area (Å²) in [6.07, 6.45) is -10.8. The first-order valence-corrected chi connectivity index (χ1v) is 6.40. The van der Waals surface area contributed by atoms with Gasteiger partial charge < -0.3 is 5.11 Å². The van der Waals surface area contributed by atoms with Crippen molar-refractivity contribution in [2.45, 2.75) is 23.9 Å². The molecule has 2 aromatic rings. The minimum Gasteiger partial charge on any atom is -0.373 e. The predicted octanol–water partition coefficient (Wildman–Crippen LogP) is 4.07. The summed E-state index contributed by atoms with van der Waals surface area (Å²) >= 11 is 0. The summed E-state index contributed by atoms with van der Waals surface area (Å²) in [6.45, 7) is 0. The topological polar surface area (TPSA) is 33.1 Å². The number of hydrogen-bond acceptors (Lipinski definition) is 2. The molecule has 0 fully saturated rings. The largest absolute Gasteiger partial charge is 0.427 e. The van der Waals surface area contributed by atoms with Crippen LogP contribution in [0, 0.1) is 0 Å². The van der Waals surface area contributed by atoms with Crippen molar-refractivity contribution in [2.24, 2.45) is 0 Å². The summed E-state index contributed by atoms with van der Waals surface area (Å²) in [5.74, 6) is -2.44. The van der Waals surface area contributed by atoms with E-state index in [0.29, 0.717) is 0 Å². The van der Waals surface area contributed by atoms with E-state index < -0.39 is 29.6 Å². The van der Waals surface area contributed by atoms with E-state index in [0.717, 1.165) is 24.4 Å². The molecule has 0 unspecified atom stereocenters.